The van der Waals surface area contributed by atoms with Crippen molar-refractivity contribution in [3.05, 3.63) is 10.1 Å². The number of hydrogen-bond acceptors (Lipinski definition) is 7. The van der Waals surface area contributed by atoms with E-state index in [0.29, 0.717) is 0 Å². The van der Waals surface area contributed by atoms with E-state index in [1.165, 1.54) is 0 Å². The van der Waals surface area contributed by atoms with Crippen LogP contribution in [0.5, 0.6) is 0 Å². The van der Waals surface area contributed by atoms with Crippen LogP contribution in [0.1, 0.15) is 6.42 Å². The Bertz CT molecular complexity index is 339. The normalized spacial score (nSPS) is 12.9. The molecule has 0 fully saturated rings. The molecule has 4 N–H and O–H groups in total. The van der Waals surface area contributed by atoms with Gasteiger partial charge in [-0.1, -0.05) is 0 Å². The Balaban J connectivity index is 4.49. The monoisotopic (exact) mass is 281 g/mol. The maximum absolute atomic E-state index is 10.7. The summed E-state index contributed by atoms with van der Waals surface area (Å²) in [6.07, 6.45) is -0.695. The van der Waals surface area contributed by atoms with Crippen LogP contribution >= 0.6 is 0 Å². The van der Waals surface area contributed by atoms with Gasteiger partial charge >= 0.3 is 11.9 Å². The quantitative estimate of drug-likeness (QED) is 0.266. The first-order chi connectivity index (χ1) is 8.79. The van der Waals surface area contributed by atoms with Crippen LogP contribution in [0.2, 0.25) is 0 Å². The van der Waals surface area contributed by atoms with Crippen LogP contribution in [0.25, 0.3) is 0 Å². The van der Waals surface area contributed by atoms with Gasteiger partial charge in [0.25, 0.3) is 5.54 Å². The average Bonchev–Trinajstić information content (AvgIpc) is 2.32. The number of aliphatic hydroxyl groups is 2. The van der Waals surface area contributed by atoms with Gasteiger partial charge in [-0.25, -0.2) is 0 Å². The van der Waals surface area contributed by atoms with Crippen LogP contribution in [-0.2, 0) is 14.3 Å². The Labute approximate surface area is 107 Å². The summed E-state index contributed by atoms with van der Waals surface area (Å²) in [5.41, 5.74) is -2.13. The SMILES string of the molecule is O=C(O)CC(COCC(CO)(CO)[N+](=O)[O-])C(=O)O. The molecule has 0 saturated heterocycles. The molecule has 0 rings (SSSR count). The van der Waals surface area contributed by atoms with E-state index in [1.54, 1.807) is 0 Å². The number of aliphatic hydroxyl groups excluding tert-OH is 2. The van der Waals surface area contributed by atoms with Crippen molar-refractivity contribution in [2.75, 3.05) is 26.4 Å². The number of carbonyl (C=O) groups is 2. The van der Waals surface area contributed by atoms with Gasteiger partial charge in [-0.2, -0.15) is 0 Å². The van der Waals surface area contributed by atoms with Crippen LogP contribution in [0, 0.1) is 16.0 Å². The molecule has 0 bridgehead atoms. The van der Waals surface area contributed by atoms with Gasteiger partial charge in [0.2, 0.25) is 0 Å². The highest BCUT2D eigenvalue weighted by Gasteiger charge is 2.42. The Morgan fingerprint density at radius 1 is 1.26 bits per heavy atom. The van der Waals surface area contributed by atoms with E-state index in [4.69, 9.17) is 25.2 Å². The zero-order valence-electron chi connectivity index (χ0n) is 9.89. The second kappa shape index (κ2) is 7.61. The van der Waals surface area contributed by atoms with Crippen molar-refractivity contribution in [3.63, 3.8) is 0 Å². The van der Waals surface area contributed by atoms with Crippen molar-refractivity contribution in [3.8, 4) is 0 Å². The molecule has 0 saturated carbocycles. The Hall–Kier alpha value is -1.78. The molecule has 10 heteroatoms. The highest BCUT2D eigenvalue weighted by Crippen LogP contribution is 2.11. The minimum Gasteiger partial charge on any atom is -0.481 e. The van der Waals surface area contributed by atoms with Crippen molar-refractivity contribution in [1.29, 1.82) is 0 Å². The van der Waals surface area contributed by atoms with Gasteiger partial charge in [0.05, 0.1) is 18.9 Å². The second-order valence-corrected chi connectivity index (χ2v) is 3.95. The number of aliphatic carboxylic acids is 2. The van der Waals surface area contributed by atoms with Gasteiger partial charge in [0, 0.05) is 4.92 Å². The molecule has 0 aliphatic heterocycles. The predicted molar refractivity (Wildman–Crippen MR) is 58.1 cm³/mol. The number of nitro groups is 1. The third kappa shape index (κ3) is 5.16. The van der Waals surface area contributed by atoms with Crippen molar-refractivity contribution >= 4 is 11.9 Å². The lowest BCUT2D eigenvalue weighted by Crippen LogP contribution is -2.50. The number of carboxylic acids is 2. The molecule has 0 radical (unpaired) electrons. The summed E-state index contributed by atoms with van der Waals surface area (Å²) in [4.78, 5) is 30.8. The van der Waals surface area contributed by atoms with Gasteiger partial charge in [-0.15, -0.1) is 0 Å². The number of carboxylic acid groups (broad SMARTS) is 2. The minimum atomic E-state index is -2.13. The molecule has 0 aromatic carbocycles. The highest BCUT2D eigenvalue weighted by atomic mass is 16.6. The first kappa shape index (κ1) is 17.2. The number of nitrogens with zero attached hydrogens (tertiary/aromatic N) is 1. The first-order valence-electron chi connectivity index (χ1n) is 5.17. The van der Waals surface area contributed by atoms with Crippen LogP contribution in [0.3, 0.4) is 0 Å². The third-order valence-corrected chi connectivity index (χ3v) is 2.44. The molecule has 1 atom stereocenters. The fourth-order valence-corrected chi connectivity index (χ4v) is 1.13. The largest absolute Gasteiger partial charge is 0.481 e. The van der Waals surface area contributed by atoms with E-state index in [2.05, 4.69) is 0 Å². The van der Waals surface area contributed by atoms with E-state index in [-0.39, 0.29) is 0 Å². The fraction of sp³-hybridized carbons (Fsp3) is 0.778. The summed E-state index contributed by atoms with van der Waals surface area (Å²) in [7, 11) is 0. The van der Waals surface area contributed by atoms with E-state index >= 15 is 0 Å². The topological polar surface area (TPSA) is 167 Å². The number of rotatable bonds is 10. The molecule has 0 aromatic rings. The maximum atomic E-state index is 10.7. The van der Waals surface area contributed by atoms with Crippen molar-refractivity contribution in [2.45, 2.75) is 12.0 Å². The molecular weight excluding hydrogens is 266 g/mol. The van der Waals surface area contributed by atoms with Crippen LogP contribution in [0.15, 0.2) is 0 Å². The van der Waals surface area contributed by atoms with E-state index in [1.807, 2.05) is 0 Å². The van der Waals surface area contributed by atoms with Gasteiger partial charge < -0.3 is 25.2 Å². The van der Waals surface area contributed by atoms with Crippen molar-refractivity contribution < 1.29 is 39.7 Å². The zero-order valence-corrected chi connectivity index (χ0v) is 9.89. The molecule has 0 amide bonds. The zero-order chi connectivity index (χ0) is 15.1. The Morgan fingerprint density at radius 3 is 2.11 bits per heavy atom. The predicted octanol–water partition coefficient (Wildman–Crippen LogP) is -1.82. The lowest BCUT2D eigenvalue weighted by Gasteiger charge is -2.21. The fourth-order valence-electron chi connectivity index (χ4n) is 1.13. The molecule has 0 aromatic heterocycles. The molecule has 1 unspecified atom stereocenters. The van der Waals surface area contributed by atoms with Crippen molar-refractivity contribution in [2.24, 2.45) is 5.92 Å². The number of hydrogen-bond donors (Lipinski definition) is 4. The molecule has 0 heterocycles. The minimum absolute atomic E-state index is 0.572. The van der Waals surface area contributed by atoms with E-state index in [9.17, 15) is 19.7 Å². The van der Waals surface area contributed by atoms with Crippen molar-refractivity contribution in [1.82, 2.24) is 0 Å². The third-order valence-electron chi connectivity index (χ3n) is 2.44. The van der Waals surface area contributed by atoms with Crippen LogP contribution in [0.4, 0.5) is 0 Å². The standard InChI is InChI=1S/C9H15NO9/c11-3-9(4-12,10(17)18)5-19-2-6(8(15)16)1-7(13)14/h6,11-12H,1-5H2,(H,13,14)(H,15,16). The van der Waals surface area contributed by atoms with E-state index in [0.717, 1.165) is 0 Å². The average molecular weight is 281 g/mol. The summed E-state index contributed by atoms with van der Waals surface area (Å²) in [6, 6.07) is 0. The number of ether oxygens (including phenoxy) is 1. The molecule has 10 nitrogen and oxygen atoms in total. The van der Waals surface area contributed by atoms with Crippen LogP contribution in [-0.4, -0.2) is 69.3 Å². The summed E-state index contributed by atoms with van der Waals surface area (Å²) in [6.45, 7) is -3.28. The first-order valence-corrected chi connectivity index (χ1v) is 5.17. The molecule has 19 heavy (non-hydrogen) atoms. The highest BCUT2D eigenvalue weighted by molar-refractivity contribution is 5.77. The second-order valence-electron chi connectivity index (χ2n) is 3.95. The lowest BCUT2D eigenvalue weighted by molar-refractivity contribution is -0.581. The lowest BCUT2D eigenvalue weighted by atomic mass is 10.0. The molecular formula is C9H15NO9. The summed E-state index contributed by atoms with van der Waals surface area (Å²) in [5, 5.41) is 45.6. The summed E-state index contributed by atoms with van der Waals surface area (Å²) in [5.74, 6) is -4.12. The summed E-state index contributed by atoms with van der Waals surface area (Å²) < 4.78 is 4.76. The summed E-state index contributed by atoms with van der Waals surface area (Å²) >= 11 is 0. The Morgan fingerprint density at radius 2 is 1.79 bits per heavy atom. The molecule has 0 aliphatic rings. The smallest absolute Gasteiger partial charge is 0.309 e. The molecule has 110 valence electrons. The maximum Gasteiger partial charge on any atom is 0.309 e. The Kier molecular flexibility index (Phi) is 6.90. The van der Waals surface area contributed by atoms with E-state index < -0.39 is 61.2 Å². The molecule has 0 aliphatic carbocycles. The van der Waals surface area contributed by atoms with Gasteiger partial charge in [0.1, 0.15) is 19.8 Å². The van der Waals surface area contributed by atoms with Gasteiger partial charge in [-0.05, 0) is 0 Å². The van der Waals surface area contributed by atoms with Crippen LogP contribution < -0.4 is 0 Å². The van der Waals surface area contributed by atoms with Gasteiger partial charge in [0.15, 0.2) is 0 Å². The van der Waals surface area contributed by atoms with Gasteiger partial charge in [-0.3, -0.25) is 19.7 Å². The molecule has 0 spiro atoms.